The molecule has 0 saturated carbocycles. The fraction of sp³-hybridized carbons (Fsp3) is 0. The lowest BCUT2D eigenvalue weighted by Gasteiger charge is -1.91. The molecule has 2 aromatic rings. The molecule has 0 saturated heterocycles. The third-order valence-corrected chi connectivity index (χ3v) is 2.48. The van der Waals surface area contributed by atoms with Crippen molar-refractivity contribution in [1.29, 1.82) is 0 Å². The first-order chi connectivity index (χ1) is 8.25. The Labute approximate surface area is 100 Å². The van der Waals surface area contributed by atoms with Gasteiger partial charge in [-0.3, -0.25) is 4.79 Å². The standard InChI is InChI=1S/C15H13NO/c16-14-9-7-13(8-10-14)15(17)11-6-12-4-2-1-3-5-12/h1-11H,16H2/p+2/b11-6+. The highest BCUT2D eigenvalue weighted by Crippen LogP contribution is 2.07. The van der Waals surface area contributed by atoms with Crippen LogP contribution in [0.4, 0.5) is 5.69 Å². The molecule has 0 aromatic heterocycles. The predicted molar refractivity (Wildman–Crippen MR) is 70.5 cm³/mol. The molecule has 0 amide bonds. The van der Waals surface area contributed by atoms with Crippen LogP contribution >= 0.6 is 0 Å². The third kappa shape index (κ3) is 3.13. The summed E-state index contributed by atoms with van der Waals surface area (Å²) in [7, 11) is 0. The molecule has 2 heteroatoms. The smallest absolute Gasteiger partial charge is 0.325 e. The highest BCUT2D eigenvalue weighted by Gasteiger charge is 2.07. The van der Waals surface area contributed by atoms with Crippen LogP contribution in [0.25, 0.3) is 6.08 Å². The summed E-state index contributed by atoms with van der Waals surface area (Å²) >= 11 is 0. The average Bonchev–Trinajstić information content (AvgIpc) is 2.38. The van der Waals surface area contributed by atoms with Crippen molar-refractivity contribution in [2.75, 3.05) is 0 Å². The van der Waals surface area contributed by atoms with Gasteiger partial charge in [-0.1, -0.05) is 30.3 Å². The molecule has 4 N–H and O–H groups in total. The largest absolute Gasteiger partial charge is 0.347 e. The topological polar surface area (TPSA) is 49.0 Å². The molecule has 17 heavy (non-hydrogen) atoms. The molecule has 0 aliphatic rings. The molecule has 84 valence electrons. The van der Waals surface area contributed by atoms with Crippen LogP contribution in [0.5, 0.6) is 0 Å². The van der Waals surface area contributed by atoms with Crippen LogP contribution in [-0.2, 0) is 0 Å². The maximum Gasteiger partial charge on any atom is 0.347 e. The van der Waals surface area contributed by atoms with Gasteiger partial charge in [0.2, 0.25) is 0 Å². The lowest BCUT2D eigenvalue weighted by molar-refractivity contribution is -0.254. The average molecular weight is 225 g/mol. The van der Waals surface area contributed by atoms with Crippen LogP contribution in [0.15, 0.2) is 60.7 Å². The maximum absolute atomic E-state index is 9.88. The minimum absolute atomic E-state index is 0.258. The molecule has 0 aliphatic carbocycles. The van der Waals surface area contributed by atoms with E-state index in [1.54, 1.807) is 6.08 Å². The number of carbonyl (C=O) groups excluding carboxylic acids is 1. The van der Waals surface area contributed by atoms with Crippen molar-refractivity contribution in [2.45, 2.75) is 0 Å². The zero-order valence-electron chi connectivity index (χ0n) is 9.51. The Morgan fingerprint density at radius 1 is 0.941 bits per heavy atom. The number of allylic oxidation sites excluding steroid dienone is 1. The monoisotopic (exact) mass is 225 g/mol. The highest BCUT2D eigenvalue weighted by atomic mass is 16.1. The van der Waals surface area contributed by atoms with Crippen LogP contribution in [0.1, 0.15) is 11.1 Å². The summed E-state index contributed by atoms with van der Waals surface area (Å²) in [6, 6.07) is 17.3. The highest BCUT2D eigenvalue weighted by molar-refractivity contribution is 6.07. The van der Waals surface area contributed by atoms with Gasteiger partial charge in [0.1, 0.15) is 5.69 Å². The maximum atomic E-state index is 9.88. The van der Waals surface area contributed by atoms with Crippen LogP contribution in [-0.4, -0.2) is 10.6 Å². The Morgan fingerprint density at radius 3 is 2.24 bits per heavy atom. The Bertz CT molecular complexity index is 527. The van der Waals surface area contributed by atoms with Crippen molar-refractivity contribution in [3.05, 3.63) is 71.8 Å². The van der Waals surface area contributed by atoms with Gasteiger partial charge >= 0.3 is 5.78 Å². The van der Waals surface area contributed by atoms with E-state index in [9.17, 15) is 4.79 Å². The van der Waals surface area contributed by atoms with Gasteiger partial charge in [-0.05, 0) is 35.9 Å². The molecule has 0 radical (unpaired) electrons. The number of hydrogen-bond acceptors (Lipinski definition) is 0. The lowest BCUT2D eigenvalue weighted by Crippen LogP contribution is -2.39. The van der Waals surface area contributed by atoms with E-state index < -0.39 is 0 Å². The summed E-state index contributed by atoms with van der Waals surface area (Å²) in [5.41, 5.74) is 6.60. The normalized spacial score (nSPS) is 10.6. The first-order valence-corrected chi connectivity index (χ1v) is 5.47. The number of ketones is 1. The van der Waals surface area contributed by atoms with E-state index in [4.69, 9.17) is 0 Å². The van der Waals surface area contributed by atoms with E-state index >= 15 is 0 Å². The zero-order valence-corrected chi connectivity index (χ0v) is 9.51. The van der Waals surface area contributed by atoms with Gasteiger partial charge in [-0.25, -0.2) is 0 Å². The Hall–Kier alpha value is -2.19. The summed E-state index contributed by atoms with van der Waals surface area (Å²) in [6.07, 6.45) is 3.58. The minimum Gasteiger partial charge on any atom is -0.325 e. The number of rotatable bonds is 3. The van der Waals surface area contributed by atoms with E-state index in [-0.39, 0.29) is 5.78 Å². The van der Waals surface area contributed by atoms with Gasteiger partial charge in [0.15, 0.2) is 0 Å². The summed E-state index contributed by atoms with van der Waals surface area (Å²) in [5.74, 6) is 0.258. The molecule has 0 fully saturated rings. The molecular formula is C15H15NO+2. The molecule has 2 nitrogen and oxygen atoms in total. The van der Waals surface area contributed by atoms with Crippen molar-refractivity contribution < 1.29 is 10.5 Å². The quantitative estimate of drug-likeness (QED) is 0.473. The Kier molecular flexibility index (Phi) is 3.48. The van der Waals surface area contributed by atoms with E-state index in [1.807, 2.05) is 60.7 Å². The van der Waals surface area contributed by atoms with Crippen LogP contribution < -0.4 is 5.73 Å². The van der Waals surface area contributed by atoms with E-state index in [0.29, 0.717) is 0 Å². The molecule has 2 rings (SSSR count). The first-order valence-electron chi connectivity index (χ1n) is 5.47. The summed E-state index contributed by atoms with van der Waals surface area (Å²) in [4.78, 5) is 9.88. The van der Waals surface area contributed by atoms with Gasteiger partial charge in [-0.15, -0.1) is 0 Å². The van der Waals surface area contributed by atoms with E-state index in [0.717, 1.165) is 16.8 Å². The van der Waals surface area contributed by atoms with Crippen molar-refractivity contribution >= 4 is 17.5 Å². The van der Waals surface area contributed by atoms with Crippen molar-refractivity contribution in [2.24, 2.45) is 0 Å². The van der Waals surface area contributed by atoms with Crippen LogP contribution in [0.2, 0.25) is 0 Å². The molecule has 0 bridgehead atoms. The molecule has 0 atom stereocenters. The molecule has 0 unspecified atom stereocenters. The fourth-order valence-corrected chi connectivity index (χ4v) is 1.51. The number of hydrogen-bond donors (Lipinski definition) is 1. The molecular weight excluding hydrogens is 210 g/mol. The van der Waals surface area contributed by atoms with Gasteiger partial charge in [-0.2, -0.15) is 0 Å². The van der Waals surface area contributed by atoms with Gasteiger partial charge < -0.3 is 5.73 Å². The lowest BCUT2D eigenvalue weighted by atomic mass is 10.1. The second-order valence-electron chi connectivity index (χ2n) is 3.83. The number of benzene rings is 2. The van der Waals surface area contributed by atoms with Crippen LogP contribution in [0.3, 0.4) is 0 Å². The minimum atomic E-state index is 0.258. The number of quaternary nitrogens is 1. The summed E-state index contributed by atoms with van der Waals surface area (Å²) in [5, 5.41) is 0. The van der Waals surface area contributed by atoms with Gasteiger partial charge in [0.25, 0.3) is 0 Å². The Morgan fingerprint density at radius 2 is 1.59 bits per heavy atom. The summed E-state index contributed by atoms with van der Waals surface area (Å²) < 4.78 is 0. The SMILES string of the molecule is [NH3+]c1ccc(C(=[OH+])/C=C/c2ccccc2)cc1. The van der Waals surface area contributed by atoms with Gasteiger partial charge in [0, 0.05) is 6.08 Å². The first kappa shape index (κ1) is 11.3. The third-order valence-electron chi connectivity index (χ3n) is 2.48. The van der Waals surface area contributed by atoms with Crippen molar-refractivity contribution in [1.82, 2.24) is 0 Å². The summed E-state index contributed by atoms with van der Waals surface area (Å²) in [6.45, 7) is 0. The van der Waals surface area contributed by atoms with Crippen LogP contribution in [0, 0.1) is 0 Å². The van der Waals surface area contributed by atoms with E-state index in [2.05, 4.69) is 5.73 Å². The van der Waals surface area contributed by atoms with Crippen molar-refractivity contribution in [3.8, 4) is 0 Å². The molecule has 0 aliphatic heterocycles. The molecule has 0 heterocycles. The predicted octanol–water partition coefficient (Wildman–Crippen LogP) is 2.17. The van der Waals surface area contributed by atoms with Crippen molar-refractivity contribution in [3.63, 3.8) is 0 Å². The zero-order chi connectivity index (χ0) is 12.1. The molecule has 0 spiro atoms. The molecule has 2 aromatic carbocycles. The second-order valence-corrected chi connectivity index (χ2v) is 3.83. The second kappa shape index (κ2) is 5.23. The van der Waals surface area contributed by atoms with Gasteiger partial charge in [0.05, 0.1) is 5.56 Å². The fourth-order valence-electron chi connectivity index (χ4n) is 1.51. The Balaban J connectivity index is 2.12. The van der Waals surface area contributed by atoms with E-state index in [1.165, 1.54) is 0 Å².